The molecule has 0 N–H and O–H groups in total. The van der Waals surface area contributed by atoms with Crippen LogP contribution in [0.3, 0.4) is 0 Å². The fourth-order valence-electron chi connectivity index (χ4n) is 2.15. The van der Waals surface area contributed by atoms with Gasteiger partial charge in [0, 0.05) is 11.5 Å². The molecular weight excluding hydrogens is 172 g/mol. The van der Waals surface area contributed by atoms with Crippen LogP contribution in [0.2, 0.25) is 0 Å². The van der Waals surface area contributed by atoms with Gasteiger partial charge >= 0.3 is 0 Å². The molecule has 3 aliphatic rings. The fraction of sp³-hybridized carbons (Fsp3) is 0.385. The molecule has 0 radical (unpaired) electrons. The Labute approximate surface area is 84.5 Å². The SMILES string of the molecule is CC1C=CC=C2C1=COC=C2C1CC1. The molecule has 1 nitrogen and oxygen atoms in total. The van der Waals surface area contributed by atoms with Crippen LogP contribution in [-0.2, 0) is 4.74 Å². The van der Waals surface area contributed by atoms with Crippen molar-refractivity contribution in [3.05, 3.63) is 47.5 Å². The molecule has 1 atom stereocenters. The second-order valence-corrected chi connectivity index (χ2v) is 4.31. The molecule has 0 saturated heterocycles. The molecule has 1 heteroatoms. The van der Waals surface area contributed by atoms with Gasteiger partial charge in [-0.15, -0.1) is 0 Å². The van der Waals surface area contributed by atoms with Crippen LogP contribution in [0.25, 0.3) is 0 Å². The Bertz CT molecular complexity index is 378. The molecule has 1 saturated carbocycles. The zero-order valence-corrected chi connectivity index (χ0v) is 8.36. The number of allylic oxidation sites excluding steroid dienone is 6. The van der Waals surface area contributed by atoms with Gasteiger partial charge in [0.15, 0.2) is 0 Å². The minimum absolute atomic E-state index is 0.498. The van der Waals surface area contributed by atoms with E-state index in [4.69, 9.17) is 4.74 Å². The number of hydrogen-bond donors (Lipinski definition) is 0. The summed E-state index contributed by atoms with van der Waals surface area (Å²) in [6, 6.07) is 0. The van der Waals surface area contributed by atoms with Crippen LogP contribution in [0.1, 0.15) is 19.8 Å². The smallest absolute Gasteiger partial charge is 0.0945 e. The maximum absolute atomic E-state index is 5.42. The zero-order chi connectivity index (χ0) is 9.54. The first-order chi connectivity index (χ1) is 6.86. The maximum Gasteiger partial charge on any atom is 0.0945 e. The normalized spacial score (nSPS) is 29.8. The van der Waals surface area contributed by atoms with E-state index >= 15 is 0 Å². The summed E-state index contributed by atoms with van der Waals surface area (Å²) in [7, 11) is 0. The largest absolute Gasteiger partial charge is 0.472 e. The lowest BCUT2D eigenvalue weighted by atomic mass is 9.84. The van der Waals surface area contributed by atoms with Crippen molar-refractivity contribution in [2.75, 3.05) is 0 Å². The first-order valence-electron chi connectivity index (χ1n) is 5.31. The van der Waals surface area contributed by atoms with Crippen molar-refractivity contribution in [1.82, 2.24) is 0 Å². The zero-order valence-electron chi connectivity index (χ0n) is 8.36. The monoisotopic (exact) mass is 186 g/mol. The van der Waals surface area contributed by atoms with Gasteiger partial charge in [-0.05, 0) is 29.9 Å². The highest BCUT2D eigenvalue weighted by Gasteiger charge is 2.32. The van der Waals surface area contributed by atoms with Crippen molar-refractivity contribution in [3.8, 4) is 0 Å². The van der Waals surface area contributed by atoms with E-state index in [1.807, 2.05) is 12.5 Å². The summed E-state index contributed by atoms with van der Waals surface area (Å²) in [4.78, 5) is 0. The molecule has 0 aromatic rings. The van der Waals surface area contributed by atoms with Gasteiger partial charge in [0.1, 0.15) is 0 Å². The van der Waals surface area contributed by atoms with E-state index < -0.39 is 0 Å². The molecule has 0 spiro atoms. The first-order valence-corrected chi connectivity index (χ1v) is 5.31. The Balaban J connectivity index is 2.00. The van der Waals surface area contributed by atoms with Crippen LogP contribution in [0.15, 0.2) is 47.5 Å². The third kappa shape index (κ3) is 1.16. The lowest BCUT2D eigenvalue weighted by molar-refractivity contribution is 0.380. The van der Waals surface area contributed by atoms with E-state index in [-0.39, 0.29) is 0 Å². The molecule has 0 aromatic heterocycles. The van der Waals surface area contributed by atoms with Crippen molar-refractivity contribution >= 4 is 0 Å². The summed E-state index contributed by atoms with van der Waals surface area (Å²) in [6.45, 7) is 2.22. The molecule has 0 aromatic carbocycles. The molecule has 1 heterocycles. The van der Waals surface area contributed by atoms with Gasteiger partial charge < -0.3 is 4.74 Å². The molecule has 3 rings (SSSR count). The van der Waals surface area contributed by atoms with E-state index in [9.17, 15) is 0 Å². The maximum atomic E-state index is 5.42. The third-order valence-electron chi connectivity index (χ3n) is 3.18. The summed E-state index contributed by atoms with van der Waals surface area (Å²) < 4.78 is 5.42. The van der Waals surface area contributed by atoms with Gasteiger partial charge in [-0.25, -0.2) is 0 Å². The van der Waals surface area contributed by atoms with Gasteiger partial charge in [0.25, 0.3) is 0 Å². The van der Waals surface area contributed by atoms with E-state index in [0.717, 1.165) is 5.92 Å². The Hall–Kier alpha value is -1.24. The highest BCUT2D eigenvalue weighted by molar-refractivity contribution is 5.55. The van der Waals surface area contributed by atoms with Crippen molar-refractivity contribution < 1.29 is 4.74 Å². The molecule has 0 amide bonds. The molecule has 2 aliphatic carbocycles. The summed E-state index contributed by atoms with van der Waals surface area (Å²) in [5, 5.41) is 0. The summed E-state index contributed by atoms with van der Waals surface area (Å²) >= 11 is 0. The molecule has 1 aliphatic heterocycles. The molecule has 14 heavy (non-hydrogen) atoms. The summed E-state index contributed by atoms with van der Waals surface area (Å²) in [5.41, 5.74) is 4.17. The Kier molecular flexibility index (Phi) is 1.66. The van der Waals surface area contributed by atoms with Crippen LogP contribution in [0, 0.1) is 11.8 Å². The van der Waals surface area contributed by atoms with Crippen molar-refractivity contribution in [3.63, 3.8) is 0 Å². The number of fused-ring (bicyclic) bond motifs is 1. The van der Waals surface area contributed by atoms with Gasteiger partial charge in [0.05, 0.1) is 12.5 Å². The Morgan fingerprint density at radius 1 is 1.21 bits per heavy atom. The number of ether oxygens (including phenoxy) is 1. The second kappa shape index (κ2) is 2.88. The van der Waals surface area contributed by atoms with Gasteiger partial charge in [-0.3, -0.25) is 0 Å². The molecule has 0 bridgehead atoms. The van der Waals surface area contributed by atoms with Crippen LogP contribution < -0.4 is 0 Å². The van der Waals surface area contributed by atoms with E-state index in [2.05, 4.69) is 25.2 Å². The predicted octanol–water partition coefficient (Wildman–Crippen LogP) is 3.33. The standard InChI is InChI=1S/C13H14O/c1-9-3-2-4-11-12(9)7-14-8-13(11)10-5-6-10/h2-4,7-10H,5-6H2,1H3. The van der Waals surface area contributed by atoms with Crippen molar-refractivity contribution in [2.24, 2.45) is 11.8 Å². The Morgan fingerprint density at radius 2 is 2.00 bits per heavy atom. The molecular formula is C13H14O. The highest BCUT2D eigenvalue weighted by Crippen LogP contribution is 2.45. The molecule has 1 fully saturated rings. The number of rotatable bonds is 1. The van der Waals surface area contributed by atoms with Crippen LogP contribution in [0.4, 0.5) is 0 Å². The van der Waals surface area contributed by atoms with Gasteiger partial charge in [0.2, 0.25) is 0 Å². The number of hydrogen-bond acceptors (Lipinski definition) is 1. The van der Waals surface area contributed by atoms with Gasteiger partial charge in [-0.2, -0.15) is 0 Å². The minimum atomic E-state index is 0.498. The fourth-order valence-corrected chi connectivity index (χ4v) is 2.15. The lowest BCUT2D eigenvalue weighted by Crippen LogP contribution is -2.10. The van der Waals surface area contributed by atoms with Crippen molar-refractivity contribution in [2.45, 2.75) is 19.8 Å². The minimum Gasteiger partial charge on any atom is -0.472 e. The average Bonchev–Trinajstić information content (AvgIpc) is 3.01. The second-order valence-electron chi connectivity index (χ2n) is 4.31. The Morgan fingerprint density at radius 3 is 2.79 bits per heavy atom. The lowest BCUT2D eigenvalue weighted by Gasteiger charge is -2.24. The van der Waals surface area contributed by atoms with E-state index in [1.54, 1.807) is 0 Å². The van der Waals surface area contributed by atoms with E-state index in [1.165, 1.54) is 29.6 Å². The van der Waals surface area contributed by atoms with Crippen LogP contribution in [-0.4, -0.2) is 0 Å². The molecule has 72 valence electrons. The quantitative estimate of drug-likeness (QED) is 0.610. The third-order valence-corrected chi connectivity index (χ3v) is 3.18. The van der Waals surface area contributed by atoms with Crippen LogP contribution in [0.5, 0.6) is 0 Å². The predicted molar refractivity (Wildman–Crippen MR) is 56.4 cm³/mol. The van der Waals surface area contributed by atoms with Crippen molar-refractivity contribution in [1.29, 1.82) is 0 Å². The average molecular weight is 186 g/mol. The molecule has 1 unspecified atom stereocenters. The highest BCUT2D eigenvalue weighted by atomic mass is 16.5. The topological polar surface area (TPSA) is 9.23 Å². The first kappa shape index (κ1) is 8.10. The summed E-state index contributed by atoms with van der Waals surface area (Å²) in [6.07, 6.45) is 13.1. The summed E-state index contributed by atoms with van der Waals surface area (Å²) in [5.74, 6) is 1.26. The van der Waals surface area contributed by atoms with Gasteiger partial charge in [-0.1, -0.05) is 25.2 Å². The van der Waals surface area contributed by atoms with E-state index in [0.29, 0.717) is 5.92 Å². The van der Waals surface area contributed by atoms with Crippen LogP contribution >= 0.6 is 0 Å².